The van der Waals surface area contributed by atoms with E-state index in [1.165, 1.54) is 4.90 Å². The topological polar surface area (TPSA) is 101 Å². The summed E-state index contributed by atoms with van der Waals surface area (Å²) in [4.78, 5) is 46.0. The summed E-state index contributed by atoms with van der Waals surface area (Å²) < 4.78 is 10.3. The quantitative estimate of drug-likeness (QED) is 0.337. The second kappa shape index (κ2) is 11.6. The van der Waals surface area contributed by atoms with Crippen LogP contribution in [0.3, 0.4) is 0 Å². The Labute approximate surface area is 220 Å². The SMILES string of the molecule is CCOC(=O)c1ccc(NC(=O)CC2C(=O)N(c3cccc(OC)c3)C(=S)N2Cc2ccccn2)cc1. The van der Waals surface area contributed by atoms with Crippen molar-refractivity contribution in [2.45, 2.75) is 25.9 Å². The third-order valence-corrected chi connectivity index (χ3v) is 6.16. The highest BCUT2D eigenvalue weighted by molar-refractivity contribution is 7.80. The predicted molar refractivity (Wildman–Crippen MR) is 142 cm³/mol. The molecular weight excluding hydrogens is 492 g/mol. The molecule has 0 bridgehead atoms. The molecule has 2 aromatic carbocycles. The fraction of sp³-hybridized carbons (Fsp3) is 0.222. The lowest BCUT2D eigenvalue weighted by Gasteiger charge is -2.23. The molecule has 1 fully saturated rings. The van der Waals surface area contributed by atoms with Crippen LogP contribution in [0.1, 0.15) is 29.4 Å². The molecule has 1 atom stereocenters. The maximum atomic E-state index is 13.6. The monoisotopic (exact) mass is 518 g/mol. The first kappa shape index (κ1) is 25.8. The van der Waals surface area contributed by atoms with E-state index in [-0.39, 0.29) is 36.5 Å². The number of carbonyl (C=O) groups is 3. The number of ether oxygens (including phenoxy) is 2. The van der Waals surface area contributed by atoms with Crippen LogP contribution in [0.4, 0.5) is 11.4 Å². The van der Waals surface area contributed by atoms with Crippen LogP contribution in [0.15, 0.2) is 72.9 Å². The van der Waals surface area contributed by atoms with Gasteiger partial charge in [0.05, 0.1) is 43.6 Å². The minimum atomic E-state index is -0.834. The lowest BCUT2D eigenvalue weighted by atomic mass is 10.1. The van der Waals surface area contributed by atoms with Crippen LogP contribution in [0.25, 0.3) is 0 Å². The molecule has 0 aliphatic carbocycles. The van der Waals surface area contributed by atoms with Crippen LogP contribution in [0, 0.1) is 0 Å². The van der Waals surface area contributed by atoms with Gasteiger partial charge in [-0.25, -0.2) is 4.79 Å². The van der Waals surface area contributed by atoms with Gasteiger partial charge in [0.1, 0.15) is 11.8 Å². The maximum absolute atomic E-state index is 13.6. The van der Waals surface area contributed by atoms with Gasteiger partial charge in [-0.3, -0.25) is 19.5 Å². The van der Waals surface area contributed by atoms with E-state index in [2.05, 4.69) is 10.3 Å². The summed E-state index contributed by atoms with van der Waals surface area (Å²) >= 11 is 5.71. The van der Waals surface area contributed by atoms with E-state index in [0.717, 1.165) is 0 Å². The first-order chi connectivity index (χ1) is 17.9. The third kappa shape index (κ3) is 5.92. The minimum absolute atomic E-state index is 0.133. The Hall–Kier alpha value is -4.31. The average molecular weight is 519 g/mol. The van der Waals surface area contributed by atoms with E-state index in [0.29, 0.717) is 28.4 Å². The Balaban J connectivity index is 1.54. The van der Waals surface area contributed by atoms with Crippen molar-refractivity contribution in [1.82, 2.24) is 9.88 Å². The molecule has 0 radical (unpaired) electrons. The number of carbonyl (C=O) groups excluding carboxylic acids is 3. The Morgan fingerprint density at radius 1 is 1.08 bits per heavy atom. The summed E-state index contributed by atoms with van der Waals surface area (Å²) in [6.07, 6.45) is 1.53. The first-order valence-corrected chi connectivity index (χ1v) is 12.1. The zero-order chi connectivity index (χ0) is 26.4. The molecule has 190 valence electrons. The van der Waals surface area contributed by atoms with E-state index in [4.69, 9.17) is 21.7 Å². The van der Waals surface area contributed by atoms with Gasteiger partial charge in [-0.1, -0.05) is 12.1 Å². The molecule has 0 saturated carbocycles. The smallest absolute Gasteiger partial charge is 0.338 e. The number of pyridine rings is 1. The fourth-order valence-corrected chi connectivity index (χ4v) is 4.35. The molecule has 1 aliphatic rings. The van der Waals surface area contributed by atoms with E-state index in [1.807, 2.05) is 12.1 Å². The number of nitrogens with one attached hydrogen (secondary N) is 1. The van der Waals surface area contributed by atoms with Crippen LogP contribution in [0.2, 0.25) is 0 Å². The van der Waals surface area contributed by atoms with Gasteiger partial charge in [-0.15, -0.1) is 0 Å². The molecule has 1 aliphatic heterocycles. The Kier molecular flexibility index (Phi) is 8.09. The molecule has 3 aromatic rings. The van der Waals surface area contributed by atoms with Crippen LogP contribution in [0.5, 0.6) is 5.75 Å². The molecule has 1 saturated heterocycles. The van der Waals surface area contributed by atoms with Gasteiger partial charge in [-0.05, 0) is 67.7 Å². The summed E-state index contributed by atoms with van der Waals surface area (Å²) in [7, 11) is 1.54. The van der Waals surface area contributed by atoms with Crippen molar-refractivity contribution < 1.29 is 23.9 Å². The fourth-order valence-electron chi connectivity index (χ4n) is 3.96. The number of esters is 1. The average Bonchev–Trinajstić information content (AvgIpc) is 3.13. The molecule has 10 heteroatoms. The second-order valence-electron chi connectivity index (χ2n) is 8.17. The van der Waals surface area contributed by atoms with Crippen molar-refractivity contribution in [2.24, 2.45) is 0 Å². The maximum Gasteiger partial charge on any atom is 0.338 e. The highest BCUT2D eigenvalue weighted by atomic mass is 32.1. The van der Waals surface area contributed by atoms with Gasteiger partial charge in [0.2, 0.25) is 5.91 Å². The van der Waals surface area contributed by atoms with E-state index in [9.17, 15) is 14.4 Å². The van der Waals surface area contributed by atoms with E-state index in [1.54, 1.807) is 79.7 Å². The number of anilines is 2. The molecule has 37 heavy (non-hydrogen) atoms. The van der Waals surface area contributed by atoms with E-state index < -0.39 is 12.0 Å². The van der Waals surface area contributed by atoms with Crippen molar-refractivity contribution >= 4 is 46.5 Å². The summed E-state index contributed by atoms with van der Waals surface area (Å²) in [5, 5.41) is 3.07. The van der Waals surface area contributed by atoms with E-state index >= 15 is 0 Å². The van der Waals surface area contributed by atoms with Crippen molar-refractivity contribution in [3.8, 4) is 5.75 Å². The van der Waals surface area contributed by atoms with Gasteiger partial charge in [0, 0.05) is 18.0 Å². The van der Waals surface area contributed by atoms with Crippen molar-refractivity contribution in [3.63, 3.8) is 0 Å². The number of hydrogen-bond donors (Lipinski definition) is 1. The normalized spacial score (nSPS) is 15.0. The number of rotatable bonds is 9. The van der Waals surface area contributed by atoms with Crippen LogP contribution in [-0.2, 0) is 20.9 Å². The first-order valence-electron chi connectivity index (χ1n) is 11.7. The molecule has 4 rings (SSSR count). The van der Waals surface area contributed by atoms with Gasteiger partial charge < -0.3 is 19.7 Å². The lowest BCUT2D eigenvalue weighted by molar-refractivity contribution is -0.124. The summed E-state index contributed by atoms with van der Waals surface area (Å²) in [5.41, 5.74) is 2.14. The van der Waals surface area contributed by atoms with Crippen molar-refractivity contribution in [2.75, 3.05) is 23.9 Å². The summed E-state index contributed by atoms with van der Waals surface area (Å²) in [5.74, 6) is -0.546. The molecule has 1 N–H and O–H groups in total. The Morgan fingerprint density at radius 2 is 1.86 bits per heavy atom. The zero-order valence-electron chi connectivity index (χ0n) is 20.4. The number of amides is 2. The van der Waals surface area contributed by atoms with Gasteiger partial charge >= 0.3 is 5.97 Å². The molecular formula is C27H26N4O5S. The molecule has 2 heterocycles. The van der Waals surface area contributed by atoms with Gasteiger partial charge in [0.15, 0.2) is 5.11 Å². The Morgan fingerprint density at radius 3 is 2.54 bits per heavy atom. The summed E-state index contributed by atoms with van der Waals surface area (Å²) in [6, 6.07) is 18.0. The second-order valence-corrected chi connectivity index (χ2v) is 8.54. The number of benzene rings is 2. The predicted octanol–water partition coefficient (Wildman–Crippen LogP) is 3.80. The largest absolute Gasteiger partial charge is 0.497 e. The third-order valence-electron chi connectivity index (χ3n) is 5.75. The van der Waals surface area contributed by atoms with Gasteiger partial charge in [-0.2, -0.15) is 0 Å². The number of aromatic nitrogens is 1. The van der Waals surface area contributed by atoms with Crippen molar-refractivity contribution in [1.29, 1.82) is 0 Å². The highest BCUT2D eigenvalue weighted by Crippen LogP contribution is 2.30. The number of thiocarbonyl (C=S) groups is 1. The van der Waals surface area contributed by atoms with Crippen LogP contribution < -0.4 is 15.0 Å². The molecule has 1 unspecified atom stereocenters. The zero-order valence-corrected chi connectivity index (χ0v) is 21.2. The number of hydrogen-bond acceptors (Lipinski definition) is 7. The van der Waals surface area contributed by atoms with Crippen LogP contribution in [-0.4, -0.2) is 52.5 Å². The minimum Gasteiger partial charge on any atom is -0.497 e. The lowest BCUT2D eigenvalue weighted by Crippen LogP contribution is -2.37. The standard InChI is InChI=1S/C27H26N4O5S/c1-3-36-26(34)18-10-12-19(13-11-18)29-24(32)16-23-25(33)31(21-8-6-9-22(15-21)35-2)27(37)30(23)17-20-7-4-5-14-28-20/h4-15,23H,3,16-17H2,1-2H3,(H,29,32). The summed E-state index contributed by atoms with van der Waals surface area (Å²) in [6.45, 7) is 2.27. The molecule has 2 amide bonds. The molecule has 1 aromatic heterocycles. The molecule has 9 nitrogen and oxygen atoms in total. The highest BCUT2D eigenvalue weighted by Gasteiger charge is 2.44. The Bertz CT molecular complexity index is 1300. The van der Waals surface area contributed by atoms with Crippen LogP contribution >= 0.6 is 12.2 Å². The van der Waals surface area contributed by atoms with Crippen molar-refractivity contribution in [3.05, 3.63) is 84.2 Å². The number of nitrogens with zero attached hydrogens (tertiary/aromatic N) is 3. The van der Waals surface area contributed by atoms with Gasteiger partial charge in [0.25, 0.3) is 5.91 Å². The molecule has 0 spiro atoms. The number of methoxy groups -OCH3 is 1.